The van der Waals surface area contributed by atoms with Gasteiger partial charge < -0.3 is 14.5 Å². The van der Waals surface area contributed by atoms with E-state index in [1.165, 1.54) is 17.5 Å². The van der Waals surface area contributed by atoms with Gasteiger partial charge in [-0.1, -0.05) is 18.2 Å². The second-order valence-corrected chi connectivity index (χ2v) is 9.19. The maximum absolute atomic E-state index is 13.1. The standard InChI is InChI=1S/C25H31N3O2/c1-17-6-5-11-26-25(17)27-15-19-14-20(16-27)23(28-22(19)9-4-10-24(28)29)13-18-7-3-8-21(12-18)30-2/h3,5-8,11-12,19-20,22-23H,4,9-10,13-16H2,1-2H3/t19-,20+,22+,23+/m1/s1. The Morgan fingerprint density at radius 2 is 2.03 bits per heavy atom. The second kappa shape index (κ2) is 7.93. The summed E-state index contributed by atoms with van der Waals surface area (Å²) in [5.74, 6) is 3.36. The van der Waals surface area contributed by atoms with Crippen LogP contribution >= 0.6 is 0 Å². The summed E-state index contributed by atoms with van der Waals surface area (Å²) in [5.41, 5.74) is 2.49. The molecule has 0 aliphatic carbocycles. The van der Waals surface area contributed by atoms with Gasteiger partial charge in [-0.05, 0) is 73.8 Å². The SMILES string of the molecule is COc1cccc(C[C@H]2[C@H]3C[C@H](CN(c4ncccc4C)C3)[C@@H]3CCCC(=O)N32)c1. The van der Waals surface area contributed by atoms with Crippen LogP contribution in [-0.4, -0.2) is 48.1 Å². The minimum atomic E-state index is 0.248. The molecule has 1 amide bonds. The Balaban J connectivity index is 1.47. The van der Waals surface area contributed by atoms with Crippen molar-refractivity contribution in [1.82, 2.24) is 9.88 Å². The Hall–Kier alpha value is -2.56. The number of fused-ring (bicyclic) bond motifs is 4. The first-order valence-corrected chi connectivity index (χ1v) is 11.2. The molecule has 2 bridgehead atoms. The highest BCUT2D eigenvalue weighted by atomic mass is 16.5. The molecule has 4 heterocycles. The van der Waals surface area contributed by atoms with Crippen molar-refractivity contribution in [3.8, 4) is 5.75 Å². The number of aromatic nitrogens is 1. The zero-order valence-corrected chi connectivity index (χ0v) is 18.0. The number of nitrogens with zero attached hydrogens (tertiary/aromatic N) is 3. The van der Waals surface area contributed by atoms with Gasteiger partial charge in [0.15, 0.2) is 0 Å². The summed E-state index contributed by atoms with van der Waals surface area (Å²) in [6, 6.07) is 13.1. The lowest BCUT2D eigenvalue weighted by Crippen LogP contribution is -2.65. The fourth-order valence-corrected chi connectivity index (χ4v) is 6.06. The number of hydrogen-bond donors (Lipinski definition) is 0. The molecule has 2 aromatic rings. The number of aryl methyl sites for hydroxylation is 1. The van der Waals surface area contributed by atoms with Gasteiger partial charge in [0, 0.05) is 37.8 Å². The maximum Gasteiger partial charge on any atom is 0.223 e. The molecule has 0 radical (unpaired) electrons. The molecule has 0 N–H and O–H groups in total. The molecule has 3 aliphatic rings. The number of benzene rings is 1. The quantitative estimate of drug-likeness (QED) is 0.775. The van der Waals surface area contributed by atoms with Crippen LogP contribution in [0.1, 0.15) is 36.8 Å². The molecule has 1 aromatic heterocycles. The van der Waals surface area contributed by atoms with E-state index in [4.69, 9.17) is 9.72 Å². The van der Waals surface area contributed by atoms with Crippen molar-refractivity contribution in [2.75, 3.05) is 25.1 Å². The van der Waals surface area contributed by atoms with Crippen LogP contribution in [0.2, 0.25) is 0 Å². The number of carbonyl (C=O) groups excluding carboxylic acids is 1. The summed E-state index contributed by atoms with van der Waals surface area (Å²) in [7, 11) is 1.71. The number of anilines is 1. The van der Waals surface area contributed by atoms with Gasteiger partial charge in [-0.3, -0.25) is 4.79 Å². The van der Waals surface area contributed by atoms with Crippen molar-refractivity contribution in [2.24, 2.45) is 11.8 Å². The lowest BCUT2D eigenvalue weighted by atomic mass is 9.70. The molecule has 158 valence electrons. The summed E-state index contributed by atoms with van der Waals surface area (Å²) >= 11 is 0. The zero-order chi connectivity index (χ0) is 20.7. The third kappa shape index (κ3) is 3.44. The summed E-state index contributed by atoms with van der Waals surface area (Å²) in [6.07, 6.45) is 6.87. The third-order valence-electron chi connectivity index (χ3n) is 7.36. The second-order valence-electron chi connectivity index (χ2n) is 9.19. The fourth-order valence-electron chi connectivity index (χ4n) is 6.06. The first-order chi connectivity index (χ1) is 14.6. The molecule has 0 spiro atoms. The van der Waals surface area contributed by atoms with Crippen molar-refractivity contribution in [1.29, 1.82) is 0 Å². The van der Waals surface area contributed by atoms with Crippen LogP contribution in [0.3, 0.4) is 0 Å². The zero-order valence-electron chi connectivity index (χ0n) is 18.0. The predicted octanol–water partition coefficient (Wildman–Crippen LogP) is 3.85. The van der Waals surface area contributed by atoms with Gasteiger partial charge in [-0.15, -0.1) is 0 Å². The topological polar surface area (TPSA) is 45.7 Å². The van der Waals surface area contributed by atoms with Gasteiger partial charge in [0.25, 0.3) is 0 Å². The Labute approximate surface area is 179 Å². The van der Waals surface area contributed by atoms with E-state index < -0.39 is 0 Å². The lowest BCUT2D eigenvalue weighted by Gasteiger charge is -2.57. The first kappa shape index (κ1) is 19.4. The van der Waals surface area contributed by atoms with Crippen LogP contribution in [0, 0.1) is 18.8 Å². The van der Waals surface area contributed by atoms with Crippen molar-refractivity contribution in [2.45, 2.75) is 51.1 Å². The molecular weight excluding hydrogens is 374 g/mol. The van der Waals surface area contributed by atoms with Crippen LogP contribution in [-0.2, 0) is 11.2 Å². The van der Waals surface area contributed by atoms with Gasteiger partial charge in [-0.2, -0.15) is 0 Å². The van der Waals surface area contributed by atoms with Crippen molar-refractivity contribution < 1.29 is 9.53 Å². The molecular formula is C25H31N3O2. The fraction of sp³-hybridized carbons (Fsp3) is 0.520. The molecule has 3 fully saturated rings. The van der Waals surface area contributed by atoms with E-state index in [0.29, 0.717) is 30.2 Å². The number of methoxy groups -OCH3 is 1. The minimum Gasteiger partial charge on any atom is -0.497 e. The van der Waals surface area contributed by atoms with Gasteiger partial charge in [0.1, 0.15) is 11.6 Å². The van der Waals surface area contributed by atoms with Crippen molar-refractivity contribution in [3.63, 3.8) is 0 Å². The minimum absolute atomic E-state index is 0.248. The Kier molecular flexibility index (Phi) is 5.13. The van der Waals surface area contributed by atoms with Crippen molar-refractivity contribution >= 4 is 11.7 Å². The van der Waals surface area contributed by atoms with Crippen LogP contribution in [0.25, 0.3) is 0 Å². The summed E-state index contributed by atoms with van der Waals surface area (Å²) < 4.78 is 5.44. The number of piperidine rings is 3. The monoisotopic (exact) mass is 405 g/mol. The van der Waals surface area contributed by atoms with Crippen LogP contribution in [0.15, 0.2) is 42.6 Å². The number of rotatable bonds is 4. The van der Waals surface area contributed by atoms with Gasteiger partial charge >= 0.3 is 0 Å². The van der Waals surface area contributed by atoms with Crippen molar-refractivity contribution in [3.05, 3.63) is 53.7 Å². The number of carbonyl (C=O) groups is 1. The van der Waals surface area contributed by atoms with Gasteiger partial charge in [-0.25, -0.2) is 4.98 Å². The molecule has 30 heavy (non-hydrogen) atoms. The van der Waals surface area contributed by atoms with E-state index >= 15 is 0 Å². The molecule has 0 saturated carbocycles. The smallest absolute Gasteiger partial charge is 0.223 e. The normalized spacial score (nSPS) is 28.3. The molecule has 5 nitrogen and oxygen atoms in total. The molecule has 0 unspecified atom stereocenters. The van der Waals surface area contributed by atoms with Crippen LogP contribution in [0.5, 0.6) is 5.75 Å². The Morgan fingerprint density at radius 3 is 2.87 bits per heavy atom. The first-order valence-electron chi connectivity index (χ1n) is 11.2. The summed E-state index contributed by atoms with van der Waals surface area (Å²) in [4.78, 5) is 22.6. The Bertz CT molecular complexity index is 930. The van der Waals surface area contributed by atoms with E-state index in [2.05, 4.69) is 41.0 Å². The molecule has 5 rings (SSSR count). The third-order valence-corrected chi connectivity index (χ3v) is 7.36. The molecule has 4 atom stereocenters. The lowest BCUT2D eigenvalue weighted by molar-refractivity contribution is -0.148. The van der Waals surface area contributed by atoms with E-state index in [9.17, 15) is 4.79 Å². The van der Waals surface area contributed by atoms with Crippen LogP contribution in [0.4, 0.5) is 5.82 Å². The Morgan fingerprint density at radius 1 is 1.17 bits per heavy atom. The van der Waals surface area contributed by atoms with E-state index in [1.807, 2.05) is 18.3 Å². The van der Waals surface area contributed by atoms with Gasteiger partial charge in [0.2, 0.25) is 5.91 Å². The average molecular weight is 406 g/mol. The number of amides is 1. The summed E-state index contributed by atoms with van der Waals surface area (Å²) in [5, 5.41) is 0. The maximum atomic E-state index is 13.1. The highest BCUT2D eigenvalue weighted by Gasteiger charge is 2.49. The molecule has 3 aliphatic heterocycles. The number of pyridine rings is 1. The van der Waals surface area contributed by atoms with E-state index in [-0.39, 0.29) is 6.04 Å². The van der Waals surface area contributed by atoms with Crippen LogP contribution < -0.4 is 9.64 Å². The largest absolute Gasteiger partial charge is 0.497 e. The molecule has 5 heteroatoms. The number of ether oxygens (including phenoxy) is 1. The van der Waals surface area contributed by atoms with E-state index in [1.54, 1.807) is 7.11 Å². The predicted molar refractivity (Wildman–Crippen MR) is 118 cm³/mol. The average Bonchev–Trinajstić information content (AvgIpc) is 2.77. The molecule has 3 saturated heterocycles. The van der Waals surface area contributed by atoms with E-state index in [0.717, 1.165) is 43.9 Å². The number of hydrogen-bond acceptors (Lipinski definition) is 4. The highest BCUT2D eigenvalue weighted by Crippen LogP contribution is 2.43. The summed E-state index contributed by atoms with van der Waals surface area (Å²) in [6.45, 7) is 4.13. The van der Waals surface area contributed by atoms with Gasteiger partial charge in [0.05, 0.1) is 7.11 Å². The molecule has 1 aromatic carbocycles. The highest BCUT2D eigenvalue weighted by molar-refractivity contribution is 5.78.